The monoisotopic (exact) mass is 204 g/mol. The molecule has 0 unspecified atom stereocenters. The van der Waals surface area contributed by atoms with Crippen LogP contribution in [0, 0.1) is 12.8 Å². The summed E-state index contributed by atoms with van der Waals surface area (Å²) in [4.78, 5) is 11.5. The third kappa shape index (κ3) is 4.78. The molecule has 1 aromatic rings. The van der Waals surface area contributed by atoms with Crippen LogP contribution in [0.1, 0.15) is 37.8 Å². The number of aryl methyl sites for hydroxylation is 2. The van der Waals surface area contributed by atoms with Crippen LogP contribution >= 0.6 is 0 Å². The fourth-order valence-electron chi connectivity index (χ4n) is 1.71. The summed E-state index contributed by atoms with van der Waals surface area (Å²) in [6.45, 7) is 6.26. The molecule has 1 rings (SSSR count). The van der Waals surface area contributed by atoms with Crippen molar-refractivity contribution in [1.29, 1.82) is 0 Å². The van der Waals surface area contributed by atoms with E-state index in [4.69, 9.17) is 0 Å². The molecule has 0 bridgehead atoms. The van der Waals surface area contributed by atoms with Gasteiger partial charge >= 0.3 is 0 Å². The quantitative estimate of drug-likeness (QED) is 0.717. The summed E-state index contributed by atoms with van der Waals surface area (Å²) in [5.74, 6) is 0.863. The van der Waals surface area contributed by atoms with E-state index in [2.05, 4.69) is 45.0 Å². The van der Waals surface area contributed by atoms with Gasteiger partial charge in [-0.1, -0.05) is 43.7 Å². The van der Waals surface area contributed by atoms with E-state index in [1.165, 1.54) is 11.1 Å². The first-order valence-electron chi connectivity index (χ1n) is 5.65. The van der Waals surface area contributed by atoms with Crippen molar-refractivity contribution in [2.24, 2.45) is 5.92 Å². The number of ketones is 1. The molecule has 0 radical (unpaired) electrons. The Labute approximate surface area is 92.5 Å². The maximum absolute atomic E-state index is 11.5. The highest BCUT2D eigenvalue weighted by Gasteiger charge is 2.05. The molecule has 0 atom stereocenters. The van der Waals surface area contributed by atoms with E-state index in [0.29, 0.717) is 24.5 Å². The Kier molecular flexibility index (Phi) is 4.54. The molecule has 0 heterocycles. The van der Waals surface area contributed by atoms with Gasteiger partial charge in [-0.25, -0.2) is 0 Å². The van der Waals surface area contributed by atoms with E-state index in [1.807, 2.05) is 0 Å². The van der Waals surface area contributed by atoms with Gasteiger partial charge in [0.2, 0.25) is 0 Å². The molecule has 0 aliphatic rings. The molecule has 0 saturated carbocycles. The molecule has 0 aliphatic heterocycles. The average molecular weight is 204 g/mol. The van der Waals surface area contributed by atoms with Crippen LogP contribution in [0.3, 0.4) is 0 Å². The molecule has 1 nitrogen and oxygen atoms in total. The normalized spacial score (nSPS) is 10.7. The smallest absolute Gasteiger partial charge is 0.133 e. The van der Waals surface area contributed by atoms with Gasteiger partial charge in [-0.2, -0.15) is 0 Å². The van der Waals surface area contributed by atoms with Crippen LogP contribution in [-0.2, 0) is 11.2 Å². The Balaban J connectivity index is 2.40. The Hall–Kier alpha value is -1.11. The lowest BCUT2D eigenvalue weighted by molar-refractivity contribution is -0.119. The largest absolute Gasteiger partial charge is 0.300 e. The van der Waals surface area contributed by atoms with Crippen LogP contribution in [0.15, 0.2) is 24.3 Å². The number of carbonyl (C=O) groups excluding carboxylic acids is 1. The maximum Gasteiger partial charge on any atom is 0.133 e. The number of hydrogen-bond donors (Lipinski definition) is 0. The van der Waals surface area contributed by atoms with Gasteiger partial charge in [-0.15, -0.1) is 0 Å². The van der Waals surface area contributed by atoms with Crippen molar-refractivity contribution in [1.82, 2.24) is 0 Å². The molecule has 0 N–H and O–H groups in total. The molecule has 82 valence electrons. The summed E-state index contributed by atoms with van der Waals surface area (Å²) in [5.41, 5.74) is 2.54. The third-order valence-electron chi connectivity index (χ3n) is 2.41. The highest BCUT2D eigenvalue weighted by Crippen LogP contribution is 2.09. The van der Waals surface area contributed by atoms with E-state index in [1.54, 1.807) is 0 Å². The lowest BCUT2D eigenvalue weighted by Gasteiger charge is -2.04. The maximum atomic E-state index is 11.5. The van der Waals surface area contributed by atoms with Crippen molar-refractivity contribution in [2.45, 2.75) is 40.0 Å². The van der Waals surface area contributed by atoms with Crippen molar-refractivity contribution in [2.75, 3.05) is 0 Å². The average Bonchev–Trinajstić information content (AvgIpc) is 2.14. The molecular weight excluding hydrogens is 184 g/mol. The first kappa shape index (κ1) is 12.0. The van der Waals surface area contributed by atoms with Crippen molar-refractivity contribution in [3.05, 3.63) is 35.4 Å². The molecule has 0 amide bonds. The highest BCUT2D eigenvalue weighted by molar-refractivity contribution is 5.78. The van der Waals surface area contributed by atoms with Crippen LogP contribution in [0.5, 0.6) is 0 Å². The van der Waals surface area contributed by atoms with Crippen molar-refractivity contribution < 1.29 is 4.79 Å². The molecule has 1 aromatic carbocycles. The summed E-state index contributed by atoms with van der Waals surface area (Å²) in [7, 11) is 0. The molecular formula is C14H20O. The highest BCUT2D eigenvalue weighted by atomic mass is 16.1. The van der Waals surface area contributed by atoms with Gasteiger partial charge in [0.15, 0.2) is 0 Å². The summed E-state index contributed by atoms with van der Waals surface area (Å²) in [6, 6.07) is 8.38. The molecule has 15 heavy (non-hydrogen) atoms. The molecule has 0 aromatic heterocycles. The third-order valence-corrected chi connectivity index (χ3v) is 2.41. The van der Waals surface area contributed by atoms with E-state index in [0.717, 1.165) is 6.42 Å². The van der Waals surface area contributed by atoms with Gasteiger partial charge in [-0.3, -0.25) is 4.79 Å². The van der Waals surface area contributed by atoms with Gasteiger partial charge < -0.3 is 0 Å². The number of hydrogen-bond acceptors (Lipinski definition) is 1. The molecule has 1 heteroatoms. The number of carbonyl (C=O) groups is 1. The Morgan fingerprint density at radius 3 is 2.67 bits per heavy atom. The minimum Gasteiger partial charge on any atom is -0.300 e. The van der Waals surface area contributed by atoms with Gasteiger partial charge in [0.05, 0.1) is 0 Å². The summed E-state index contributed by atoms with van der Waals surface area (Å²) in [6.07, 6.45) is 2.28. The zero-order valence-electron chi connectivity index (χ0n) is 9.92. The van der Waals surface area contributed by atoms with Gasteiger partial charge in [0.25, 0.3) is 0 Å². The SMILES string of the molecule is Cc1cccc(CCC(=O)CC(C)C)c1. The second kappa shape index (κ2) is 5.69. The van der Waals surface area contributed by atoms with Crippen molar-refractivity contribution in [3.8, 4) is 0 Å². The predicted octanol–water partition coefficient (Wildman–Crippen LogP) is 3.54. The Morgan fingerprint density at radius 1 is 1.33 bits per heavy atom. The van der Waals surface area contributed by atoms with Gasteiger partial charge in [0, 0.05) is 12.8 Å². The van der Waals surface area contributed by atoms with E-state index < -0.39 is 0 Å². The zero-order valence-corrected chi connectivity index (χ0v) is 9.92. The summed E-state index contributed by atoms with van der Waals surface area (Å²) >= 11 is 0. The lowest BCUT2D eigenvalue weighted by Crippen LogP contribution is -2.04. The zero-order chi connectivity index (χ0) is 11.3. The Morgan fingerprint density at radius 2 is 2.07 bits per heavy atom. The second-order valence-corrected chi connectivity index (χ2v) is 4.63. The fraction of sp³-hybridized carbons (Fsp3) is 0.500. The topological polar surface area (TPSA) is 17.1 Å². The van der Waals surface area contributed by atoms with Crippen LogP contribution in [0.25, 0.3) is 0 Å². The molecule has 0 fully saturated rings. The van der Waals surface area contributed by atoms with Gasteiger partial charge in [0.1, 0.15) is 5.78 Å². The standard InChI is InChI=1S/C14H20O/c1-11(2)9-14(15)8-7-13-6-4-5-12(3)10-13/h4-6,10-11H,7-9H2,1-3H3. The van der Waals surface area contributed by atoms with Crippen molar-refractivity contribution >= 4 is 5.78 Å². The number of benzene rings is 1. The first-order chi connectivity index (χ1) is 7.08. The minimum atomic E-state index is 0.381. The predicted molar refractivity (Wildman–Crippen MR) is 64.0 cm³/mol. The summed E-state index contributed by atoms with van der Waals surface area (Å²) < 4.78 is 0. The lowest BCUT2D eigenvalue weighted by atomic mass is 10.0. The molecule has 0 spiro atoms. The second-order valence-electron chi connectivity index (χ2n) is 4.63. The number of Topliss-reactive ketones (excluding diaryl/α,β-unsaturated/α-hetero) is 1. The summed E-state index contributed by atoms with van der Waals surface area (Å²) in [5, 5.41) is 0. The van der Waals surface area contributed by atoms with Crippen LogP contribution in [0.4, 0.5) is 0 Å². The first-order valence-corrected chi connectivity index (χ1v) is 5.65. The van der Waals surface area contributed by atoms with Crippen LogP contribution in [-0.4, -0.2) is 5.78 Å². The van der Waals surface area contributed by atoms with Gasteiger partial charge in [-0.05, 0) is 24.8 Å². The Bertz CT molecular complexity index is 326. The van der Waals surface area contributed by atoms with E-state index in [-0.39, 0.29) is 0 Å². The van der Waals surface area contributed by atoms with Crippen molar-refractivity contribution in [3.63, 3.8) is 0 Å². The van der Waals surface area contributed by atoms with E-state index >= 15 is 0 Å². The molecule has 0 aliphatic carbocycles. The van der Waals surface area contributed by atoms with Crippen LogP contribution < -0.4 is 0 Å². The van der Waals surface area contributed by atoms with E-state index in [9.17, 15) is 4.79 Å². The molecule has 0 saturated heterocycles. The fourth-order valence-corrected chi connectivity index (χ4v) is 1.71. The minimum absolute atomic E-state index is 0.381. The van der Waals surface area contributed by atoms with Crippen LogP contribution in [0.2, 0.25) is 0 Å². The number of rotatable bonds is 5.